The first kappa shape index (κ1) is 11.4. The molecule has 0 amide bonds. The number of benzene rings is 1. The molecule has 0 N–H and O–H groups in total. The van der Waals surface area contributed by atoms with E-state index in [0.29, 0.717) is 11.4 Å². The SMILES string of the molecule is O=CC(Cl)Cc1ccc(Cl)c2cccnc12. The molecule has 1 heterocycles. The molecule has 0 radical (unpaired) electrons. The summed E-state index contributed by atoms with van der Waals surface area (Å²) < 4.78 is 0. The van der Waals surface area contributed by atoms with E-state index in [0.717, 1.165) is 22.8 Å². The van der Waals surface area contributed by atoms with Crippen molar-refractivity contribution in [3.63, 3.8) is 0 Å². The molecule has 0 saturated heterocycles. The van der Waals surface area contributed by atoms with Crippen molar-refractivity contribution in [2.24, 2.45) is 0 Å². The minimum absolute atomic E-state index is 0.468. The van der Waals surface area contributed by atoms with Gasteiger partial charge in [-0.25, -0.2) is 0 Å². The average Bonchev–Trinajstić information content (AvgIpc) is 2.33. The Morgan fingerprint density at radius 1 is 1.38 bits per heavy atom. The first-order chi connectivity index (χ1) is 7.72. The summed E-state index contributed by atoms with van der Waals surface area (Å²) in [6.45, 7) is 0. The normalized spacial score (nSPS) is 12.6. The van der Waals surface area contributed by atoms with Gasteiger partial charge in [-0.1, -0.05) is 17.7 Å². The number of fused-ring (bicyclic) bond motifs is 1. The van der Waals surface area contributed by atoms with Gasteiger partial charge >= 0.3 is 0 Å². The van der Waals surface area contributed by atoms with Crippen LogP contribution in [0.4, 0.5) is 0 Å². The van der Waals surface area contributed by atoms with Gasteiger partial charge in [0.05, 0.1) is 10.9 Å². The highest BCUT2D eigenvalue weighted by atomic mass is 35.5. The standard InChI is InChI=1S/C12H9Cl2NO/c13-9(7-16)6-8-3-4-11(14)10-2-1-5-15-12(8)10/h1-5,7,9H,6H2. The van der Waals surface area contributed by atoms with Crippen LogP contribution in [0, 0.1) is 0 Å². The largest absolute Gasteiger partial charge is 0.302 e. The lowest BCUT2D eigenvalue weighted by molar-refractivity contribution is -0.107. The highest BCUT2D eigenvalue weighted by Crippen LogP contribution is 2.25. The van der Waals surface area contributed by atoms with Crippen molar-refractivity contribution in [1.29, 1.82) is 0 Å². The number of aldehydes is 1. The first-order valence-corrected chi connectivity index (χ1v) is 5.65. The molecule has 2 rings (SSSR count). The van der Waals surface area contributed by atoms with E-state index in [9.17, 15) is 4.79 Å². The van der Waals surface area contributed by atoms with Gasteiger partial charge in [-0.05, 0) is 30.2 Å². The fourth-order valence-electron chi connectivity index (χ4n) is 1.62. The van der Waals surface area contributed by atoms with Crippen LogP contribution in [0.5, 0.6) is 0 Å². The number of aromatic nitrogens is 1. The first-order valence-electron chi connectivity index (χ1n) is 4.84. The minimum Gasteiger partial charge on any atom is -0.302 e. The number of nitrogens with zero attached hydrogens (tertiary/aromatic N) is 1. The fraction of sp³-hybridized carbons (Fsp3) is 0.167. The summed E-state index contributed by atoms with van der Waals surface area (Å²) in [6, 6.07) is 7.39. The predicted molar refractivity (Wildman–Crippen MR) is 66.2 cm³/mol. The molecule has 4 heteroatoms. The zero-order valence-electron chi connectivity index (χ0n) is 8.36. The number of rotatable bonds is 3. The van der Waals surface area contributed by atoms with Crippen LogP contribution in [0.25, 0.3) is 10.9 Å². The molecule has 1 atom stereocenters. The van der Waals surface area contributed by atoms with Crippen molar-refractivity contribution >= 4 is 40.4 Å². The van der Waals surface area contributed by atoms with E-state index in [1.54, 1.807) is 12.3 Å². The maximum absolute atomic E-state index is 10.5. The third kappa shape index (κ3) is 2.18. The maximum atomic E-state index is 10.5. The molecular weight excluding hydrogens is 245 g/mol. The Morgan fingerprint density at radius 2 is 2.19 bits per heavy atom. The second kappa shape index (κ2) is 4.81. The number of halogens is 2. The Labute approximate surface area is 103 Å². The van der Waals surface area contributed by atoms with Gasteiger partial charge in [0, 0.05) is 16.6 Å². The fourth-order valence-corrected chi connectivity index (χ4v) is 2.00. The number of alkyl halides is 1. The third-order valence-electron chi connectivity index (χ3n) is 2.36. The van der Waals surface area contributed by atoms with Crippen molar-refractivity contribution in [1.82, 2.24) is 4.98 Å². The van der Waals surface area contributed by atoms with Crippen molar-refractivity contribution < 1.29 is 4.79 Å². The number of carbonyl (C=O) groups is 1. The van der Waals surface area contributed by atoms with Crippen LogP contribution >= 0.6 is 23.2 Å². The molecule has 0 aliphatic carbocycles. The molecule has 0 aliphatic rings. The Balaban J connectivity index is 2.54. The summed E-state index contributed by atoms with van der Waals surface area (Å²) in [5, 5.41) is 1.02. The lowest BCUT2D eigenvalue weighted by Crippen LogP contribution is -2.05. The van der Waals surface area contributed by atoms with Gasteiger partial charge in [0.1, 0.15) is 6.29 Å². The Bertz CT molecular complexity index is 527. The second-order valence-electron chi connectivity index (χ2n) is 3.46. The maximum Gasteiger partial charge on any atom is 0.138 e. The van der Waals surface area contributed by atoms with Gasteiger partial charge in [0.15, 0.2) is 0 Å². The summed E-state index contributed by atoms with van der Waals surface area (Å²) in [4.78, 5) is 14.8. The molecule has 0 bridgehead atoms. The second-order valence-corrected chi connectivity index (χ2v) is 4.43. The van der Waals surface area contributed by atoms with Crippen LogP contribution in [0.1, 0.15) is 5.56 Å². The lowest BCUT2D eigenvalue weighted by Gasteiger charge is -2.07. The number of carbonyl (C=O) groups excluding carboxylic acids is 1. The van der Waals surface area contributed by atoms with E-state index < -0.39 is 5.38 Å². The molecule has 2 aromatic rings. The van der Waals surface area contributed by atoms with E-state index in [-0.39, 0.29) is 0 Å². The van der Waals surface area contributed by atoms with E-state index in [2.05, 4.69) is 4.98 Å². The summed E-state index contributed by atoms with van der Waals surface area (Å²) in [6.07, 6.45) is 2.90. The quantitative estimate of drug-likeness (QED) is 0.621. The van der Waals surface area contributed by atoms with E-state index >= 15 is 0 Å². The summed E-state index contributed by atoms with van der Waals surface area (Å²) in [5.41, 5.74) is 1.75. The third-order valence-corrected chi connectivity index (χ3v) is 2.95. The zero-order chi connectivity index (χ0) is 11.5. The Kier molecular flexibility index (Phi) is 3.42. The Hall–Kier alpha value is -1.12. The van der Waals surface area contributed by atoms with Crippen molar-refractivity contribution in [3.8, 4) is 0 Å². The van der Waals surface area contributed by atoms with Crippen LogP contribution in [-0.4, -0.2) is 16.6 Å². The molecule has 1 aromatic carbocycles. The molecule has 16 heavy (non-hydrogen) atoms. The van der Waals surface area contributed by atoms with Crippen LogP contribution in [0.2, 0.25) is 5.02 Å². The van der Waals surface area contributed by atoms with Crippen molar-refractivity contribution in [2.75, 3.05) is 0 Å². The van der Waals surface area contributed by atoms with Crippen LogP contribution in [0.3, 0.4) is 0 Å². The molecule has 82 valence electrons. The zero-order valence-corrected chi connectivity index (χ0v) is 9.87. The smallest absolute Gasteiger partial charge is 0.138 e. The van der Waals surface area contributed by atoms with Crippen LogP contribution < -0.4 is 0 Å². The number of hydrogen-bond donors (Lipinski definition) is 0. The number of hydrogen-bond acceptors (Lipinski definition) is 2. The molecule has 0 fully saturated rings. The van der Waals surface area contributed by atoms with Crippen molar-refractivity contribution in [3.05, 3.63) is 41.0 Å². The summed E-state index contributed by atoms with van der Waals surface area (Å²) in [5.74, 6) is 0. The number of pyridine rings is 1. The molecule has 2 nitrogen and oxygen atoms in total. The van der Waals surface area contributed by atoms with Gasteiger partial charge < -0.3 is 4.79 Å². The van der Waals surface area contributed by atoms with Crippen LogP contribution in [0.15, 0.2) is 30.5 Å². The average molecular weight is 254 g/mol. The van der Waals surface area contributed by atoms with Gasteiger partial charge in [0.2, 0.25) is 0 Å². The highest BCUT2D eigenvalue weighted by molar-refractivity contribution is 6.35. The minimum atomic E-state index is -0.522. The topological polar surface area (TPSA) is 30.0 Å². The molecule has 0 saturated carbocycles. The molecule has 1 aromatic heterocycles. The van der Waals surface area contributed by atoms with Gasteiger partial charge in [-0.3, -0.25) is 4.98 Å². The molecular formula is C12H9Cl2NO. The lowest BCUT2D eigenvalue weighted by atomic mass is 10.1. The Morgan fingerprint density at radius 3 is 2.94 bits per heavy atom. The van der Waals surface area contributed by atoms with Gasteiger partial charge in [-0.2, -0.15) is 0 Å². The van der Waals surface area contributed by atoms with E-state index in [1.165, 1.54) is 0 Å². The molecule has 0 aliphatic heterocycles. The van der Waals surface area contributed by atoms with E-state index in [1.807, 2.05) is 18.2 Å². The predicted octanol–water partition coefficient (Wildman–Crippen LogP) is 3.24. The van der Waals surface area contributed by atoms with Gasteiger partial charge in [0.25, 0.3) is 0 Å². The highest BCUT2D eigenvalue weighted by Gasteiger charge is 2.09. The summed E-state index contributed by atoms with van der Waals surface area (Å²) >= 11 is 11.9. The van der Waals surface area contributed by atoms with Gasteiger partial charge in [-0.15, -0.1) is 11.6 Å². The monoisotopic (exact) mass is 253 g/mol. The van der Waals surface area contributed by atoms with Crippen molar-refractivity contribution in [2.45, 2.75) is 11.8 Å². The molecule has 1 unspecified atom stereocenters. The molecule has 0 spiro atoms. The van der Waals surface area contributed by atoms with E-state index in [4.69, 9.17) is 23.2 Å². The van der Waals surface area contributed by atoms with Crippen LogP contribution in [-0.2, 0) is 11.2 Å². The summed E-state index contributed by atoms with van der Waals surface area (Å²) in [7, 11) is 0.